The van der Waals surface area contributed by atoms with Crippen LogP contribution in [0.1, 0.15) is 12.8 Å². The molecule has 0 aliphatic carbocycles. The number of hydrogen-bond donors (Lipinski definition) is 1. The molecule has 2 rings (SSSR count). The van der Waals surface area contributed by atoms with Crippen molar-refractivity contribution in [2.45, 2.75) is 19.4 Å². The molecule has 0 aromatic carbocycles. The maximum Gasteiger partial charge on any atom is 0.201 e. The number of pyridine rings is 1. The van der Waals surface area contributed by atoms with Crippen LogP contribution in [0.25, 0.3) is 11.0 Å². The van der Waals surface area contributed by atoms with Crippen LogP contribution in [0.3, 0.4) is 0 Å². The van der Waals surface area contributed by atoms with E-state index in [9.17, 15) is 0 Å². The number of anilines is 1. The third-order valence-corrected chi connectivity index (χ3v) is 2.56. The van der Waals surface area contributed by atoms with Crippen LogP contribution in [-0.4, -0.2) is 28.3 Å². The molecule has 2 aromatic rings. The van der Waals surface area contributed by atoms with Crippen LogP contribution in [0.2, 0.25) is 0 Å². The number of aromatic nitrogens is 3. The molecule has 16 heavy (non-hydrogen) atoms. The average Bonchev–Trinajstić information content (AvgIpc) is 2.61. The molecule has 86 valence electrons. The summed E-state index contributed by atoms with van der Waals surface area (Å²) in [6, 6.07) is 1.94. The number of nitrogen functional groups attached to an aromatic ring is 1. The van der Waals surface area contributed by atoms with Gasteiger partial charge in [0.1, 0.15) is 5.52 Å². The lowest BCUT2D eigenvalue weighted by atomic mass is 10.3. The van der Waals surface area contributed by atoms with Crippen LogP contribution in [-0.2, 0) is 11.3 Å². The monoisotopic (exact) mass is 220 g/mol. The maximum absolute atomic E-state index is 5.86. The molecule has 0 bridgehead atoms. The van der Waals surface area contributed by atoms with Gasteiger partial charge in [0, 0.05) is 26.5 Å². The molecule has 0 fully saturated rings. The van der Waals surface area contributed by atoms with Gasteiger partial charge in [-0.3, -0.25) is 4.98 Å². The minimum Gasteiger partial charge on any atom is -0.385 e. The second-order valence-corrected chi connectivity index (χ2v) is 3.69. The van der Waals surface area contributed by atoms with E-state index in [0.29, 0.717) is 5.95 Å². The van der Waals surface area contributed by atoms with Crippen molar-refractivity contribution in [3.05, 3.63) is 18.5 Å². The van der Waals surface area contributed by atoms with Crippen molar-refractivity contribution in [1.29, 1.82) is 0 Å². The quantitative estimate of drug-likeness (QED) is 0.774. The first-order valence-electron chi connectivity index (χ1n) is 5.37. The highest BCUT2D eigenvalue weighted by Gasteiger charge is 2.06. The Bertz CT molecular complexity index is 466. The van der Waals surface area contributed by atoms with Crippen molar-refractivity contribution in [3.63, 3.8) is 0 Å². The fourth-order valence-electron chi connectivity index (χ4n) is 1.75. The molecule has 0 atom stereocenters. The molecule has 0 aliphatic rings. The summed E-state index contributed by atoms with van der Waals surface area (Å²) in [7, 11) is 1.71. The Hall–Kier alpha value is -1.62. The van der Waals surface area contributed by atoms with Gasteiger partial charge in [-0.05, 0) is 18.9 Å². The van der Waals surface area contributed by atoms with Gasteiger partial charge in [0.15, 0.2) is 0 Å². The second-order valence-electron chi connectivity index (χ2n) is 3.69. The van der Waals surface area contributed by atoms with Crippen molar-refractivity contribution in [1.82, 2.24) is 14.5 Å². The summed E-state index contributed by atoms with van der Waals surface area (Å²) in [5, 5.41) is 0. The fourth-order valence-corrected chi connectivity index (χ4v) is 1.75. The van der Waals surface area contributed by atoms with Crippen LogP contribution in [0.15, 0.2) is 18.5 Å². The third-order valence-electron chi connectivity index (χ3n) is 2.56. The zero-order valence-corrected chi connectivity index (χ0v) is 9.39. The number of imidazole rings is 1. The number of fused-ring (bicyclic) bond motifs is 1. The highest BCUT2D eigenvalue weighted by molar-refractivity contribution is 5.76. The van der Waals surface area contributed by atoms with E-state index in [2.05, 4.69) is 9.97 Å². The molecule has 2 N–H and O–H groups in total. The molecule has 0 saturated heterocycles. The Morgan fingerprint density at radius 2 is 2.31 bits per heavy atom. The number of aryl methyl sites for hydroxylation is 1. The first-order valence-corrected chi connectivity index (χ1v) is 5.37. The van der Waals surface area contributed by atoms with Crippen LogP contribution < -0.4 is 5.73 Å². The molecule has 5 nitrogen and oxygen atoms in total. The zero-order chi connectivity index (χ0) is 11.4. The Labute approximate surface area is 94.2 Å². The number of ether oxygens (including phenoxy) is 1. The molecule has 0 unspecified atom stereocenters. The number of methoxy groups -OCH3 is 1. The summed E-state index contributed by atoms with van der Waals surface area (Å²) < 4.78 is 7.03. The molecule has 2 heterocycles. The Kier molecular flexibility index (Phi) is 3.36. The molecule has 5 heteroatoms. The van der Waals surface area contributed by atoms with E-state index in [1.807, 2.05) is 10.6 Å². The lowest BCUT2D eigenvalue weighted by Gasteiger charge is -2.05. The van der Waals surface area contributed by atoms with Gasteiger partial charge in [-0.1, -0.05) is 0 Å². The zero-order valence-electron chi connectivity index (χ0n) is 9.39. The van der Waals surface area contributed by atoms with Gasteiger partial charge in [-0.25, -0.2) is 4.98 Å². The topological polar surface area (TPSA) is 66.0 Å². The lowest BCUT2D eigenvalue weighted by Crippen LogP contribution is -2.04. The number of nitrogens with two attached hydrogens (primary N) is 1. The first-order chi connectivity index (χ1) is 7.83. The number of unbranched alkanes of at least 4 members (excludes halogenated alkanes) is 1. The van der Waals surface area contributed by atoms with E-state index in [4.69, 9.17) is 10.5 Å². The van der Waals surface area contributed by atoms with E-state index >= 15 is 0 Å². The fraction of sp³-hybridized carbons (Fsp3) is 0.455. The van der Waals surface area contributed by atoms with E-state index < -0.39 is 0 Å². The average molecular weight is 220 g/mol. The maximum atomic E-state index is 5.86. The third kappa shape index (κ3) is 2.14. The molecule has 0 amide bonds. The Morgan fingerprint density at radius 1 is 1.44 bits per heavy atom. The molecule has 2 aromatic heterocycles. The van der Waals surface area contributed by atoms with E-state index in [0.717, 1.165) is 37.0 Å². The number of rotatable bonds is 5. The molecule has 0 radical (unpaired) electrons. The van der Waals surface area contributed by atoms with Gasteiger partial charge in [-0.15, -0.1) is 0 Å². The first kappa shape index (κ1) is 10.9. The largest absolute Gasteiger partial charge is 0.385 e. The van der Waals surface area contributed by atoms with Crippen LogP contribution in [0.5, 0.6) is 0 Å². The normalized spacial score (nSPS) is 11.1. The summed E-state index contributed by atoms with van der Waals surface area (Å²) in [5.74, 6) is 0.556. The van der Waals surface area contributed by atoms with Gasteiger partial charge < -0.3 is 15.0 Å². The van der Waals surface area contributed by atoms with E-state index in [-0.39, 0.29) is 0 Å². The van der Waals surface area contributed by atoms with Gasteiger partial charge in [0.2, 0.25) is 5.95 Å². The molecule has 0 aliphatic heterocycles. The highest BCUT2D eigenvalue weighted by Crippen LogP contribution is 2.16. The standard InChI is InChI=1S/C11H16N4O/c1-16-7-3-2-6-15-10-4-5-13-8-9(10)14-11(15)12/h4-5,8H,2-3,6-7H2,1H3,(H2,12,14). The Morgan fingerprint density at radius 3 is 3.12 bits per heavy atom. The number of hydrogen-bond acceptors (Lipinski definition) is 4. The SMILES string of the molecule is COCCCCn1c(N)nc2cnccc21. The van der Waals surface area contributed by atoms with Crippen LogP contribution in [0, 0.1) is 0 Å². The van der Waals surface area contributed by atoms with Crippen LogP contribution >= 0.6 is 0 Å². The summed E-state index contributed by atoms with van der Waals surface area (Å²) in [6.45, 7) is 1.66. The lowest BCUT2D eigenvalue weighted by molar-refractivity contribution is 0.191. The van der Waals surface area contributed by atoms with Crippen molar-refractivity contribution in [2.24, 2.45) is 0 Å². The van der Waals surface area contributed by atoms with Crippen molar-refractivity contribution < 1.29 is 4.74 Å². The summed E-state index contributed by atoms with van der Waals surface area (Å²) in [6.07, 6.45) is 5.55. The minimum atomic E-state index is 0.556. The number of nitrogens with zero attached hydrogens (tertiary/aromatic N) is 3. The smallest absolute Gasteiger partial charge is 0.201 e. The molecule has 0 saturated carbocycles. The molecular formula is C11H16N4O. The molecule has 0 spiro atoms. The van der Waals surface area contributed by atoms with E-state index in [1.54, 1.807) is 19.5 Å². The highest BCUT2D eigenvalue weighted by atomic mass is 16.5. The van der Waals surface area contributed by atoms with Gasteiger partial charge in [0.25, 0.3) is 0 Å². The van der Waals surface area contributed by atoms with Gasteiger partial charge in [0.05, 0.1) is 11.7 Å². The van der Waals surface area contributed by atoms with E-state index in [1.165, 1.54) is 0 Å². The van der Waals surface area contributed by atoms with Crippen molar-refractivity contribution >= 4 is 17.0 Å². The van der Waals surface area contributed by atoms with Gasteiger partial charge in [-0.2, -0.15) is 0 Å². The van der Waals surface area contributed by atoms with Crippen molar-refractivity contribution in [2.75, 3.05) is 19.5 Å². The summed E-state index contributed by atoms with van der Waals surface area (Å²) in [5.41, 5.74) is 7.76. The minimum absolute atomic E-state index is 0.556. The predicted molar refractivity (Wildman–Crippen MR) is 63.1 cm³/mol. The van der Waals surface area contributed by atoms with Crippen LogP contribution in [0.4, 0.5) is 5.95 Å². The predicted octanol–water partition coefficient (Wildman–Crippen LogP) is 1.44. The van der Waals surface area contributed by atoms with Gasteiger partial charge >= 0.3 is 0 Å². The summed E-state index contributed by atoms with van der Waals surface area (Å²) in [4.78, 5) is 8.28. The second kappa shape index (κ2) is 4.94. The molecular weight excluding hydrogens is 204 g/mol. The summed E-state index contributed by atoms with van der Waals surface area (Å²) >= 11 is 0. The van der Waals surface area contributed by atoms with Crippen molar-refractivity contribution in [3.8, 4) is 0 Å². The Balaban J connectivity index is 2.13.